The zero-order valence-corrected chi connectivity index (χ0v) is 7.25. The average Bonchev–Trinajstić information content (AvgIpc) is 2.09. The monoisotopic (exact) mass is 189 g/mol. The van der Waals surface area contributed by atoms with E-state index in [-0.39, 0.29) is 12.4 Å². The van der Waals surface area contributed by atoms with Crippen LogP contribution < -0.4 is 17.0 Å². The lowest BCUT2D eigenvalue weighted by molar-refractivity contribution is 0.249. The molecule has 0 aliphatic rings. The third-order valence-electron chi connectivity index (χ3n) is 0.809. The van der Waals surface area contributed by atoms with E-state index in [2.05, 4.69) is 11.6 Å². The first-order valence-electron chi connectivity index (χ1n) is 3.03. The number of hydrogen-bond donors (Lipinski definition) is 3. The summed E-state index contributed by atoms with van der Waals surface area (Å²) in [6, 6.07) is 11.3. The van der Waals surface area contributed by atoms with Crippen LogP contribution in [0.5, 0.6) is 0 Å². The highest BCUT2D eigenvalue weighted by atomic mass is 35.5. The van der Waals surface area contributed by atoms with Gasteiger partial charge in [-0.2, -0.15) is 0 Å². The van der Waals surface area contributed by atoms with Crippen LogP contribution in [0.1, 0.15) is 0 Å². The lowest BCUT2D eigenvalue weighted by Gasteiger charge is -1.81. The molecule has 0 aromatic heterocycles. The zero-order chi connectivity index (χ0) is 8.53. The molecule has 5 heteroatoms. The van der Waals surface area contributed by atoms with Gasteiger partial charge in [0.25, 0.3) is 0 Å². The maximum absolute atomic E-state index is 9.35. The Balaban J connectivity index is 0. The third-order valence-corrected chi connectivity index (χ3v) is 0.809. The number of halogens is 1. The van der Waals surface area contributed by atoms with Gasteiger partial charge in [-0.1, -0.05) is 36.4 Å². The summed E-state index contributed by atoms with van der Waals surface area (Å²) in [6.07, 6.45) is 0. The highest BCUT2D eigenvalue weighted by molar-refractivity contribution is 5.85. The van der Waals surface area contributed by atoms with Crippen molar-refractivity contribution in [1.29, 1.82) is 0 Å². The second kappa shape index (κ2) is 9.74. The summed E-state index contributed by atoms with van der Waals surface area (Å²) in [5.74, 6) is 4.45. The molecule has 0 aliphatic heterocycles. The van der Waals surface area contributed by atoms with Crippen molar-refractivity contribution in [1.82, 2.24) is 5.43 Å². The van der Waals surface area contributed by atoms with Crippen molar-refractivity contribution in [3.63, 3.8) is 0 Å². The number of nitrogens with two attached hydrogens (primary N) is 2. The summed E-state index contributed by atoms with van der Waals surface area (Å²) < 4.78 is 0. The topological polar surface area (TPSA) is 81.1 Å². The van der Waals surface area contributed by atoms with Crippen LogP contribution in [0.2, 0.25) is 0 Å². The second-order valence-electron chi connectivity index (χ2n) is 1.66. The lowest BCUT2D eigenvalue weighted by Crippen LogP contribution is -2.34. The number of carbonyl (C=O) groups is 1. The van der Waals surface area contributed by atoms with Crippen LogP contribution in [0.3, 0.4) is 0 Å². The first-order valence-corrected chi connectivity index (χ1v) is 3.03. The molecule has 4 nitrogen and oxygen atoms in total. The van der Waals surface area contributed by atoms with E-state index in [1.807, 2.05) is 36.4 Å². The third kappa shape index (κ3) is 11.5. The number of hydrogen-bond acceptors (Lipinski definition) is 2. The quantitative estimate of drug-likeness (QED) is 0.318. The highest BCUT2D eigenvalue weighted by Crippen LogP contribution is 1.79. The molecule has 12 heavy (non-hydrogen) atoms. The Labute approximate surface area is 77.3 Å². The van der Waals surface area contributed by atoms with E-state index in [0.29, 0.717) is 0 Å². The van der Waals surface area contributed by atoms with Crippen LogP contribution in [0.4, 0.5) is 4.79 Å². The number of urea groups is 1. The summed E-state index contributed by atoms with van der Waals surface area (Å²) in [5, 5.41) is 0. The Morgan fingerprint density at radius 1 is 1.00 bits per heavy atom. The molecule has 1 aromatic carbocycles. The Morgan fingerprint density at radius 2 is 1.17 bits per heavy atom. The molecule has 0 heterocycles. The van der Waals surface area contributed by atoms with E-state index in [0.717, 1.165) is 0 Å². The molecule has 0 bridgehead atoms. The summed E-state index contributed by atoms with van der Waals surface area (Å²) in [6.45, 7) is 0. The van der Waals surface area contributed by atoms with E-state index < -0.39 is 6.03 Å². The number of benzene rings is 1. The number of nitrogens with one attached hydrogen (secondary N) is 1. The molecule has 68 valence electrons. The minimum absolute atomic E-state index is 0. The fourth-order valence-electron chi connectivity index (χ4n) is 0.385. The number of primary amides is 1. The predicted molar refractivity (Wildman–Crippen MR) is 50.6 cm³/mol. The molecule has 0 fully saturated rings. The van der Waals surface area contributed by atoms with E-state index in [1.54, 1.807) is 5.43 Å². The van der Waals surface area contributed by atoms with Crippen molar-refractivity contribution >= 4 is 18.4 Å². The summed E-state index contributed by atoms with van der Waals surface area (Å²) >= 11 is 0. The van der Waals surface area contributed by atoms with Gasteiger partial charge in [0, 0.05) is 0 Å². The average molecular weight is 190 g/mol. The van der Waals surface area contributed by atoms with Crippen LogP contribution in [-0.4, -0.2) is 6.03 Å². The van der Waals surface area contributed by atoms with Gasteiger partial charge in [-0.05, 0) is 0 Å². The number of carbonyl (C=O) groups excluding carboxylic acids is 1. The van der Waals surface area contributed by atoms with Crippen molar-refractivity contribution in [3.8, 4) is 0 Å². The Hall–Kier alpha value is -1.26. The van der Waals surface area contributed by atoms with Gasteiger partial charge in [-0.15, -0.1) is 12.4 Å². The Bertz CT molecular complexity index is 166. The van der Waals surface area contributed by atoms with Gasteiger partial charge in [-0.25, -0.2) is 10.6 Å². The predicted octanol–water partition coefficient (Wildman–Crippen LogP) is 0.637. The molecular formula is C7H12ClN3O. The molecule has 0 unspecified atom stereocenters. The fourth-order valence-corrected chi connectivity index (χ4v) is 0.385. The molecule has 0 aliphatic carbocycles. The highest BCUT2D eigenvalue weighted by Gasteiger charge is 1.73. The van der Waals surface area contributed by atoms with Crippen molar-refractivity contribution in [2.45, 2.75) is 0 Å². The van der Waals surface area contributed by atoms with Crippen LogP contribution in [-0.2, 0) is 0 Å². The fraction of sp³-hybridized carbons (Fsp3) is 0. The van der Waals surface area contributed by atoms with Crippen molar-refractivity contribution < 1.29 is 4.79 Å². The van der Waals surface area contributed by atoms with E-state index in [9.17, 15) is 4.79 Å². The van der Waals surface area contributed by atoms with Gasteiger partial charge in [0.05, 0.1) is 0 Å². The minimum atomic E-state index is -0.718. The molecule has 1 aromatic rings. The summed E-state index contributed by atoms with van der Waals surface area (Å²) in [5.41, 5.74) is 6.08. The normalized spacial score (nSPS) is 6.75. The van der Waals surface area contributed by atoms with E-state index in [4.69, 9.17) is 0 Å². The molecular weight excluding hydrogens is 178 g/mol. The summed E-state index contributed by atoms with van der Waals surface area (Å²) in [4.78, 5) is 9.35. The largest absolute Gasteiger partial charge is 0.351 e. The molecule has 2 amide bonds. The summed E-state index contributed by atoms with van der Waals surface area (Å²) in [7, 11) is 0. The van der Waals surface area contributed by atoms with E-state index in [1.165, 1.54) is 0 Å². The Kier molecular flexibility index (Phi) is 10.8. The molecule has 0 saturated heterocycles. The standard InChI is InChI=1S/C6H6.CH5N3O.ClH/c1-2-4-6-5-3-1;2-1(5)4-3;/h1-6H;3H2,(H3,2,4,5);1H. The molecule has 0 radical (unpaired) electrons. The zero-order valence-electron chi connectivity index (χ0n) is 6.44. The first-order chi connectivity index (χ1) is 5.27. The molecule has 0 spiro atoms. The van der Waals surface area contributed by atoms with Crippen molar-refractivity contribution in [2.24, 2.45) is 11.6 Å². The SMILES string of the molecule is Cl.NNC(N)=O.c1ccccc1. The maximum atomic E-state index is 9.35. The molecule has 5 N–H and O–H groups in total. The van der Waals surface area contributed by atoms with Gasteiger partial charge in [0.1, 0.15) is 0 Å². The van der Waals surface area contributed by atoms with Gasteiger partial charge in [0.15, 0.2) is 0 Å². The van der Waals surface area contributed by atoms with Crippen LogP contribution >= 0.6 is 12.4 Å². The van der Waals surface area contributed by atoms with Crippen molar-refractivity contribution in [3.05, 3.63) is 36.4 Å². The number of hydrazine groups is 1. The molecule has 1 rings (SSSR count). The minimum Gasteiger partial charge on any atom is -0.351 e. The smallest absolute Gasteiger partial charge is 0.326 e. The molecule has 0 saturated carbocycles. The van der Waals surface area contributed by atoms with Crippen molar-refractivity contribution in [2.75, 3.05) is 0 Å². The van der Waals surface area contributed by atoms with Gasteiger partial charge in [0.2, 0.25) is 0 Å². The Morgan fingerprint density at radius 3 is 1.25 bits per heavy atom. The van der Waals surface area contributed by atoms with Gasteiger partial charge >= 0.3 is 6.03 Å². The maximum Gasteiger partial charge on any atom is 0.326 e. The lowest BCUT2D eigenvalue weighted by atomic mass is 10.4. The van der Waals surface area contributed by atoms with Gasteiger partial charge < -0.3 is 5.73 Å². The molecule has 0 atom stereocenters. The number of amides is 2. The first kappa shape index (κ1) is 13.3. The van der Waals surface area contributed by atoms with Crippen LogP contribution in [0.25, 0.3) is 0 Å². The second-order valence-corrected chi connectivity index (χ2v) is 1.66. The van der Waals surface area contributed by atoms with Crippen LogP contribution in [0, 0.1) is 0 Å². The van der Waals surface area contributed by atoms with Crippen LogP contribution in [0.15, 0.2) is 36.4 Å². The van der Waals surface area contributed by atoms with Gasteiger partial charge in [-0.3, -0.25) is 5.43 Å². The van der Waals surface area contributed by atoms with E-state index >= 15 is 0 Å². The number of rotatable bonds is 0.